The van der Waals surface area contributed by atoms with E-state index in [0.717, 1.165) is 23.9 Å². The standard InChI is InChI=1S/C20H22ClF2N3O.C14H13ClF2N2O2.C7H10N2.CH4.ClH/c1-14-2-4-16(25-11-14)12-24-13-20(23)6-8-26(9-7-20)19(27)15-3-5-18(22)17(21)10-15;15-10-7-9(1-2-11(10)16)13(21)19-5-3-14(17,4-6-19)12(20)8-18;1-6-2-3-7(4-8)9-5-6;;/h2-5,10-11,24H,6-9,12-13H2,1H3;1-2,7,12,20H,3-6H2;2-3,5H,4,8H2,1H3;1H4;1H/i1D3,12D2;;4D2;;. The van der Waals surface area contributed by atoms with Gasteiger partial charge in [-0.3, -0.25) is 19.6 Å². The maximum atomic E-state index is 15.3. The molecule has 2 aliphatic rings. The largest absolute Gasteiger partial charge is 0.375 e. The Labute approximate surface area is 369 Å². The molecule has 4 aromatic rings. The summed E-state index contributed by atoms with van der Waals surface area (Å²) in [5, 5.41) is 20.1. The average Bonchev–Trinajstić information content (AvgIpc) is 3.25. The van der Waals surface area contributed by atoms with E-state index < -0.39 is 48.9 Å². The summed E-state index contributed by atoms with van der Waals surface area (Å²) in [6.07, 6.45) is 0.712. The van der Waals surface area contributed by atoms with Crippen molar-refractivity contribution in [3.8, 4) is 6.07 Å². The van der Waals surface area contributed by atoms with Crippen LogP contribution in [-0.2, 0) is 13.0 Å². The number of aromatic nitrogens is 2. The lowest BCUT2D eigenvalue weighted by atomic mass is 9.88. The van der Waals surface area contributed by atoms with Crippen molar-refractivity contribution < 1.29 is 41.9 Å². The lowest BCUT2D eigenvalue weighted by Crippen LogP contribution is -2.49. The van der Waals surface area contributed by atoms with Gasteiger partial charge in [-0.15, -0.1) is 12.4 Å². The van der Waals surface area contributed by atoms with Crippen molar-refractivity contribution >= 4 is 47.4 Å². The topological polar surface area (TPSA) is 148 Å². The van der Waals surface area contributed by atoms with E-state index in [0.29, 0.717) is 0 Å². The molecule has 0 bridgehead atoms. The first-order valence-electron chi connectivity index (χ1n) is 21.1. The number of carbonyl (C=O) groups excluding carboxylic acids is 2. The molecule has 4 heterocycles. The zero-order chi connectivity index (χ0) is 47.8. The number of piperidine rings is 2. The Balaban J connectivity index is 0.000000377. The van der Waals surface area contributed by atoms with E-state index in [1.807, 2.05) is 6.92 Å². The number of nitrogens with zero attached hydrogens (tertiary/aromatic N) is 5. The molecule has 0 saturated carbocycles. The number of carbonyl (C=O) groups is 2. The van der Waals surface area contributed by atoms with Gasteiger partial charge in [-0.05, 0) is 73.4 Å². The van der Waals surface area contributed by atoms with E-state index in [9.17, 15) is 27.9 Å². The Morgan fingerprint density at radius 1 is 0.898 bits per heavy atom. The van der Waals surface area contributed by atoms with Gasteiger partial charge in [0.15, 0.2) is 11.8 Å². The fourth-order valence-electron chi connectivity index (χ4n) is 5.70. The first kappa shape index (κ1) is 40.1. The summed E-state index contributed by atoms with van der Waals surface area (Å²) in [4.78, 5) is 35.3. The second-order valence-electron chi connectivity index (χ2n) is 13.3. The fourth-order valence-corrected chi connectivity index (χ4v) is 6.06. The molecule has 320 valence electrons. The number of hydrogen-bond donors (Lipinski definition) is 3. The van der Waals surface area contributed by atoms with Gasteiger partial charge in [0.05, 0.1) is 27.5 Å². The number of nitrogens with two attached hydrogens (primary N) is 1. The summed E-state index contributed by atoms with van der Waals surface area (Å²) in [6.45, 7) is -4.40. The van der Waals surface area contributed by atoms with E-state index in [-0.39, 0.29) is 128 Å². The average molecular weight is 890 g/mol. The number of alkyl halides is 2. The highest BCUT2D eigenvalue weighted by Gasteiger charge is 2.42. The molecule has 17 heteroatoms. The fraction of sp³-hybridized carbons (Fsp3) is 0.405. The van der Waals surface area contributed by atoms with Crippen molar-refractivity contribution in [1.29, 1.82) is 5.26 Å². The molecule has 2 aromatic carbocycles. The molecule has 1 atom stereocenters. The maximum absolute atomic E-state index is 15.3. The van der Waals surface area contributed by atoms with Gasteiger partial charge in [0.25, 0.3) is 11.8 Å². The number of aliphatic hydroxyl groups excluding tert-OH is 1. The van der Waals surface area contributed by atoms with Crippen LogP contribution in [0, 0.1) is 36.7 Å². The third kappa shape index (κ3) is 14.7. The van der Waals surface area contributed by atoms with Crippen molar-refractivity contribution in [2.75, 3.05) is 32.7 Å². The number of aliphatic hydroxyl groups is 1. The number of nitrogens with one attached hydrogen (secondary N) is 1. The monoisotopic (exact) mass is 888 g/mol. The van der Waals surface area contributed by atoms with Crippen LogP contribution in [0.25, 0.3) is 0 Å². The number of aryl methyl sites for hydroxylation is 2. The Hall–Kier alpha value is -4.36. The molecule has 0 aliphatic carbocycles. The predicted octanol–water partition coefficient (Wildman–Crippen LogP) is 8.13. The van der Waals surface area contributed by atoms with Gasteiger partial charge in [0.2, 0.25) is 0 Å². The molecule has 10 nitrogen and oxygen atoms in total. The Bertz CT molecular complexity index is 2300. The molecule has 4 N–H and O–H groups in total. The summed E-state index contributed by atoms with van der Waals surface area (Å²) in [6, 6.07) is 14.7. The molecule has 59 heavy (non-hydrogen) atoms. The third-order valence-corrected chi connectivity index (χ3v) is 9.80. The molecular weight excluding hydrogens is 833 g/mol. The Morgan fingerprint density at radius 2 is 1.37 bits per heavy atom. The maximum Gasteiger partial charge on any atom is 0.253 e. The van der Waals surface area contributed by atoms with Crippen molar-refractivity contribution in [2.45, 2.75) is 77.3 Å². The second kappa shape index (κ2) is 23.4. The van der Waals surface area contributed by atoms with Crippen LogP contribution in [0.1, 0.15) is 85.9 Å². The summed E-state index contributed by atoms with van der Waals surface area (Å²) in [7, 11) is 0. The minimum absolute atomic E-state index is 0. The van der Waals surface area contributed by atoms with E-state index in [2.05, 4.69) is 15.3 Å². The molecule has 2 fully saturated rings. The number of benzene rings is 2. The van der Waals surface area contributed by atoms with Crippen molar-refractivity contribution in [2.24, 2.45) is 5.73 Å². The Morgan fingerprint density at radius 3 is 1.80 bits per heavy atom. The van der Waals surface area contributed by atoms with Crippen LogP contribution in [0.4, 0.5) is 17.6 Å². The molecule has 2 aromatic heterocycles. The smallest absolute Gasteiger partial charge is 0.253 e. The normalized spacial score (nSPS) is 18.1. The van der Waals surface area contributed by atoms with Crippen molar-refractivity contribution in [3.63, 3.8) is 0 Å². The van der Waals surface area contributed by atoms with Crippen LogP contribution in [0.5, 0.6) is 0 Å². The molecular formula is C42H50Cl3F4N7O3. The SMILES string of the molecule is C.Cl.N#CC(O)C1(F)CCN(C(=O)c2ccc(F)c(Cl)c2)CC1.[2H]C([2H])(N)c1ccc(C)cn1.[2H]C([2H])([2H])c1ccc(C([2H])([2H])NCC2(F)CCN(C(=O)c3ccc(F)c(Cl)c3)CC2)nc1. The third-order valence-electron chi connectivity index (χ3n) is 9.22. The van der Waals surface area contributed by atoms with Crippen LogP contribution in [0.3, 0.4) is 0 Å². The zero-order valence-electron chi connectivity index (χ0n) is 38.1. The predicted molar refractivity (Wildman–Crippen MR) is 224 cm³/mol. The van der Waals surface area contributed by atoms with Gasteiger partial charge in [-0.2, -0.15) is 5.26 Å². The number of nitriles is 1. The highest BCUT2D eigenvalue weighted by Crippen LogP contribution is 2.31. The number of likely N-dealkylation sites (tertiary alicyclic amines) is 2. The molecule has 6 rings (SSSR count). The minimum Gasteiger partial charge on any atom is -0.375 e. The number of pyridine rings is 2. The van der Waals surface area contributed by atoms with Crippen LogP contribution >= 0.6 is 35.6 Å². The lowest BCUT2D eigenvalue weighted by molar-refractivity contribution is -0.0201. The molecule has 2 amide bonds. The van der Waals surface area contributed by atoms with Crippen molar-refractivity contribution in [3.05, 3.63) is 128 Å². The lowest BCUT2D eigenvalue weighted by Gasteiger charge is -2.37. The first-order valence-corrected chi connectivity index (χ1v) is 18.3. The van der Waals surface area contributed by atoms with E-state index >= 15 is 4.39 Å². The van der Waals surface area contributed by atoms with Crippen LogP contribution in [0.2, 0.25) is 10.0 Å². The Kier molecular flexibility index (Phi) is 15.9. The molecule has 0 radical (unpaired) electrons. The highest BCUT2D eigenvalue weighted by atomic mass is 35.5. The highest BCUT2D eigenvalue weighted by molar-refractivity contribution is 6.31. The summed E-state index contributed by atoms with van der Waals surface area (Å²) >= 11 is 11.4. The number of halogens is 7. The quantitative estimate of drug-likeness (QED) is 0.119. The van der Waals surface area contributed by atoms with Crippen molar-refractivity contribution in [1.82, 2.24) is 25.1 Å². The van der Waals surface area contributed by atoms with Crippen LogP contribution < -0.4 is 11.1 Å². The molecule has 0 spiro atoms. The molecule has 2 saturated heterocycles. The van der Waals surface area contributed by atoms with Crippen LogP contribution in [-0.4, -0.2) is 86.9 Å². The minimum atomic E-state index is -2.35. The van der Waals surface area contributed by atoms with Gasteiger partial charge in [0.1, 0.15) is 17.3 Å². The molecule has 1 unspecified atom stereocenters. The van der Waals surface area contributed by atoms with Gasteiger partial charge >= 0.3 is 0 Å². The second-order valence-corrected chi connectivity index (χ2v) is 14.1. The number of hydrogen-bond acceptors (Lipinski definition) is 8. The van der Waals surface area contributed by atoms with E-state index in [1.54, 1.807) is 18.3 Å². The summed E-state index contributed by atoms with van der Waals surface area (Å²) in [5.41, 5.74) is 3.05. The summed E-state index contributed by atoms with van der Waals surface area (Å²) < 4.78 is 108. The van der Waals surface area contributed by atoms with E-state index in [4.69, 9.17) is 43.8 Å². The van der Waals surface area contributed by atoms with Crippen LogP contribution in [0.15, 0.2) is 73.1 Å². The first-order chi connectivity index (χ1) is 29.7. The zero-order valence-corrected chi connectivity index (χ0v) is 33.5. The van der Waals surface area contributed by atoms with Gasteiger partial charge in [-0.1, -0.05) is 42.8 Å². The van der Waals surface area contributed by atoms with Gasteiger partial charge < -0.3 is 26.0 Å². The number of rotatable bonds is 8. The van der Waals surface area contributed by atoms with Gasteiger partial charge in [0, 0.05) is 105 Å². The van der Waals surface area contributed by atoms with Gasteiger partial charge in [-0.25, -0.2) is 17.6 Å². The summed E-state index contributed by atoms with van der Waals surface area (Å²) in [5.74, 6) is -2.01. The molecule has 2 aliphatic heterocycles. The number of amides is 2. The van der Waals surface area contributed by atoms with E-state index in [1.165, 1.54) is 52.3 Å².